The number of fused-ring (bicyclic) bond motifs is 1. The predicted octanol–water partition coefficient (Wildman–Crippen LogP) is 6.54. The van der Waals surface area contributed by atoms with Gasteiger partial charge >= 0.3 is 5.63 Å². The number of rotatable bonds is 2. The summed E-state index contributed by atoms with van der Waals surface area (Å²) in [4.78, 5) is 16.8. The maximum absolute atomic E-state index is 12.3. The molecule has 0 fully saturated rings. The minimum Gasteiger partial charge on any atom is -0.422 e. The van der Waals surface area contributed by atoms with Crippen LogP contribution in [0.5, 0.6) is 0 Å². The van der Waals surface area contributed by atoms with E-state index in [9.17, 15) is 4.79 Å². The first-order valence-corrected chi connectivity index (χ1v) is 9.17. The maximum Gasteiger partial charge on any atom is 0.346 e. The van der Waals surface area contributed by atoms with Gasteiger partial charge in [-0.1, -0.05) is 34.8 Å². The normalized spacial score (nSPS) is 11.2. The summed E-state index contributed by atoms with van der Waals surface area (Å²) in [6.45, 7) is 0. The van der Waals surface area contributed by atoms with Crippen LogP contribution in [-0.2, 0) is 0 Å². The standard InChI is InChI=1S/C18H8Cl3NO2S/c19-10-2-4-16-9(5-10)6-13(18(23)24-16)17-22-15(8-25-17)12-3-1-11(20)7-14(12)21/h1-8H. The number of aromatic nitrogens is 1. The molecule has 0 aliphatic heterocycles. The van der Waals surface area contributed by atoms with Gasteiger partial charge in [0.15, 0.2) is 0 Å². The summed E-state index contributed by atoms with van der Waals surface area (Å²) in [7, 11) is 0. The molecule has 7 heteroatoms. The summed E-state index contributed by atoms with van der Waals surface area (Å²) in [6.07, 6.45) is 0. The smallest absolute Gasteiger partial charge is 0.346 e. The van der Waals surface area contributed by atoms with Crippen LogP contribution in [0.3, 0.4) is 0 Å². The summed E-state index contributed by atoms with van der Waals surface area (Å²) in [6, 6.07) is 12.0. The molecule has 0 unspecified atom stereocenters. The molecule has 2 aromatic carbocycles. The molecule has 0 saturated carbocycles. The minimum atomic E-state index is -0.446. The molecule has 0 radical (unpaired) electrons. The second kappa shape index (κ2) is 6.46. The van der Waals surface area contributed by atoms with Gasteiger partial charge in [-0.3, -0.25) is 0 Å². The van der Waals surface area contributed by atoms with E-state index in [1.165, 1.54) is 11.3 Å². The van der Waals surface area contributed by atoms with Crippen LogP contribution in [0, 0.1) is 0 Å². The largest absolute Gasteiger partial charge is 0.422 e. The molecule has 4 rings (SSSR count). The van der Waals surface area contributed by atoms with E-state index < -0.39 is 5.63 Å². The lowest BCUT2D eigenvalue weighted by Gasteiger charge is -2.01. The van der Waals surface area contributed by atoms with Crippen LogP contribution in [0.25, 0.3) is 32.8 Å². The Labute approximate surface area is 161 Å². The average Bonchev–Trinajstić information content (AvgIpc) is 3.04. The number of benzene rings is 2. The summed E-state index contributed by atoms with van der Waals surface area (Å²) in [5.41, 5.74) is 1.85. The minimum absolute atomic E-state index is 0.385. The summed E-state index contributed by atoms with van der Waals surface area (Å²) >= 11 is 19.5. The van der Waals surface area contributed by atoms with Crippen LogP contribution in [0.4, 0.5) is 0 Å². The lowest BCUT2D eigenvalue weighted by Crippen LogP contribution is -2.02. The average molecular weight is 409 g/mol. The Bertz CT molecular complexity index is 1170. The number of thiazole rings is 1. The Morgan fingerprint density at radius 3 is 2.48 bits per heavy atom. The molecule has 0 N–H and O–H groups in total. The van der Waals surface area contributed by atoms with Crippen molar-refractivity contribution < 1.29 is 4.42 Å². The Balaban J connectivity index is 1.83. The zero-order valence-electron chi connectivity index (χ0n) is 12.4. The first-order chi connectivity index (χ1) is 12.0. The van der Waals surface area contributed by atoms with Crippen molar-refractivity contribution in [2.24, 2.45) is 0 Å². The van der Waals surface area contributed by atoms with Crippen molar-refractivity contribution in [1.29, 1.82) is 0 Å². The monoisotopic (exact) mass is 407 g/mol. The van der Waals surface area contributed by atoms with E-state index in [1.807, 2.05) is 5.38 Å². The van der Waals surface area contributed by atoms with Gasteiger partial charge in [-0.25, -0.2) is 9.78 Å². The number of hydrogen-bond acceptors (Lipinski definition) is 4. The van der Waals surface area contributed by atoms with Gasteiger partial charge < -0.3 is 4.42 Å². The number of halogens is 3. The Morgan fingerprint density at radius 1 is 0.920 bits per heavy atom. The summed E-state index contributed by atoms with van der Waals surface area (Å²) in [5, 5.41) is 4.75. The molecule has 124 valence electrons. The molecule has 25 heavy (non-hydrogen) atoms. The van der Waals surface area contributed by atoms with Crippen LogP contribution < -0.4 is 5.63 Å². The van der Waals surface area contributed by atoms with Crippen molar-refractivity contribution in [3.05, 3.63) is 73.3 Å². The van der Waals surface area contributed by atoms with Gasteiger partial charge in [-0.2, -0.15) is 0 Å². The molecule has 0 amide bonds. The van der Waals surface area contributed by atoms with E-state index >= 15 is 0 Å². The van der Waals surface area contributed by atoms with Gasteiger partial charge in [0.05, 0.1) is 16.3 Å². The van der Waals surface area contributed by atoms with E-state index in [2.05, 4.69) is 4.98 Å². The van der Waals surface area contributed by atoms with Crippen molar-refractivity contribution in [1.82, 2.24) is 4.98 Å². The van der Waals surface area contributed by atoms with Crippen molar-refractivity contribution in [2.45, 2.75) is 0 Å². The van der Waals surface area contributed by atoms with Crippen molar-refractivity contribution in [3.8, 4) is 21.8 Å². The molecular weight excluding hydrogens is 401 g/mol. The highest BCUT2D eigenvalue weighted by molar-refractivity contribution is 7.13. The van der Waals surface area contributed by atoms with E-state index in [0.717, 1.165) is 10.9 Å². The van der Waals surface area contributed by atoms with Crippen LogP contribution in [0.15, 0.2) is 57.1 Å². The Hall–Kier alpha value is -1.85. The molecule has 0 aliphatic rings. The molecule has 3 nitrogen and oxygen atoms in total. The molecule has 0 spiro atoms. The first kappa shape index (κ1) is 16.6. The lowest BCUT2D eigenvalue weighted by atomic mass is 10.1. The molecule has 0 saturated heterocycles. The number of hydrogen-bond donors (Lipinski definition) is 0. The highest BCUT2D eigenvalue weighted by Gasteiger charge is 2.14. The fraction of sp³-hybridized carbons (Fsp3) is 0. The van der Waals surface area contributed by atoms with Crippen LogP contribution in [0.2, 0.25) is 15.1 Å². The van der Waals surface area contributed by atoms with Gasteiger partial charge in [0.25, 0.3) is 0 Å². The number of nitrogens with zero attached hydrogens (tertiary/aromatic N) is 1. The zero-order valence-corrected chi connectivity index (χ0v) is 15.5. The zero-order chi connectivity index (χ0) is 17.6. The van der Waals surface area contributed by atoms with E-state index in [-0.39, 0.29) is 0 Å². The molecule has 2 aromatic heterocycles. The first-order valence-electron chi connectivity index (χ1n) is 7.16. The third kappa shape index (κ3) is 3.18. The highest BCUT2D eigenvalue weighted by Crippen LogP contribution is 2.34. The fourth-order valence-corrected chi connectivity index (χ4v) is 3.97. The van der Waals surface area contributed by atoms with Gasteiger partial charge in [0.1, 0.15) is 10.6 Å². The van der Waals surface area contributed by atoms with E-state index in [4.69, 9.17) is 39.2 Å². The Kier molecular flexibility index (Phi) is 4.29. The molecular formula is C18H8Cl3NO2S. The maximum atomic E-state index is 12.3. The van der Waals surface area contributed by atoms with Crippen molar-refractivity contribution in [2.75, 3.05) is 0 Å². The quantitative estimate of drug-likeness (QED) is 0.353. The predicted molar refractivity (Wildman–Crippen MR) is 104 cm³/mol. The highest BCUT2D eigenvalue weighted by atomic mass is 35.5. The van der Waals surface area contributed by atoms with Crippen LogP contribution in [0.1, 0.15) is 0 Å². The van der Waals surface area contributed by atoms with Gasteiger partial charge in [-0.05, 0) is 42.5 Å². The SMILES string of the molecule is O=c1oc2ccc(Cl)cc2cc1-c1nc(-c2ccc(Cl)cc2Cl)cs1. The van der Waals surface area contributed by atoms with E-state index in [0.29, 0.717) is 36.9 Å². The van der Waals surface area contributed by atoms with Gasteiger partial charge in [0.2, 0.25) is 0 Å². The van der Waals surface area contributed by atoms with Gasteiger partial charge in [0, 0.05) is 26.4 Å². The summed E-state index contributed by atoms with van der Waals surface area (Å²) < 4.78 is 5.37. The van der Waals surface area contributed by atoms with Crippen molar-refractivity contribution >= 4 is 57.1 Å². The van der Waals surface area contributed by atoms with E-state index in [1.54, 1.807) is 42.5 Å². The molecule has 4 aromatic rings. The molecule has 0 atom stereocenters. The van der Waals surface area contributed by atoms with Crippen LogP contribution >= 0.6 is 46.1 Å². The topological polar surface area (TPSA) is 43.1 Å². The molecule has 0 aliphatic carbocycles. The van der Waals surface area contributed by atoms with Crippen LogP contribution in [-0.4, -0.2) is 4.98 Å². The van der Waals surface area contributed by atoms with Crippen molar-refractivity contribution in [3.63, 3.8) is 0 Å². The third-order valence-corrected chi connectivity index (χ3v) is 5.29. The third-order valence-electron chi connectivity index (χ3n) is 3.64. The summed E-state index contributed by atoms with van der Waals surface area (Å²) in [5.74, 6) is 0. The lowest BCUT2D eigenvalue weighted by molar-refractivity contribution is 0.563. The second-order valence-corrected chi connectivity index (χ2v) is 7.43. The molecule has 0 bridgehead atoms. The molecule has 2 heterocycles. The Morgan fingerprint density at radius 2 is 1.68 bits per heavy atom. The fourth-order valence-electron chi connectivity index (χ4n) is 2.46. The van der Waals surface area contributed by atoms with Gasteiger partial charge in [-0.15, -0.1) is 11.3 Å². The second-order valence-electron chi connectivity index (χ2n) is 5.29.